The number of nitrogens with zero attached hydrogens (tertiary/aromatic N) is 1. The monoisotopic (exact) mass is 334 g/mol. The van der Waals surface area contributed by atoms with Crippen LogP contribution in [-0.2, 0) is 0 Å². The molecule has 2 atom stereocenters. The van der Waals surface area contributed by atoms with Crippen molar-refractivity contribution in [3.05, 3.63) is 29.3 Å². The maximum Gasteiger partial charge on any atom is 0.415 e. The van der Waals surface area contributed by atoms with Gasteiger partial charge in [-0.25, -0.2) is 9.59 Å². The third-order valence-electron chi connectivity index (χ3n) is 4.88. The average molecular weight is 334 g/mol. The normalized spacial score (nSPS) is 20.3. The highest BCUT2D eigenvalue weighted by Gasteiger charge is 2.28. The lowest BCUT2D eigenvalue weighted by atomic mass is 9.85. The molecule has 1 aliphatic rings. The smallest absolute Gasteiger partial charge is 0.415 e. The SMILES string of the molecule is Cc1cccc(OC(=O)N(C)C2CCCC(CNC(=O)O)C2)c1C. The first-order chi connectivity index (χ1) is 11.4. The van der Waals surface area contributed by atoms with Gasteiger partial charge in [0, 0.05) is 19.6 Å². The predicted octanol–water partition coefficient (Wildman–Crippen LogP) is 3.56. The van der Waals surface area contributed by atoms with Crippen molar-refractivity contribution in [2.75, 3.05) is 13.6 Å². The molecule has 0 aromatic heterocycles. The van der Waals surface area contributed by atoms with Crippen LogP contribution in [0.3, 0.4) is 0 Å². The Morgan fingerprint density at radius 2 is 2.08 bits per heavy atom. The van der Waals surface area contributed by atoms with Crippen LogP contribution >= 0.6 is 0 Å². The van der Waals surface area contributed by atoms with Crippen molar-refractivity contribution in [1.29, 1.82) is 0 Å². The number of carbonyl (C=O) groups is 2. The Morgan fingerprint density at radius 3 is 2.79 bits per heavy atom. The molecule has 6 nitrogen and oxygen atoms in total. The lowest BCUT2D eigenvalue weighted by molar-refractivity contribution is 0.120. The molecule has 1 saturated carbocycles. The van der Waals surface area contributed by atoms with Crippen LogP contribution in [-0.4, -0.2) is 41.8 Å². The molecular weight excluding hydrogens is 308 g/mol. The Labute approximate surface area is 142 Å². The van der Waals surface area contributed by atoms with Gasteiger partial charge in [-0.2, -0.15) is 0 Å². The number of nitrogens with one attached hydrogen (secondary N) is 1. The van der Waals surface area contributed by atoms with Gasteiger partial charge in [-0.3, -0.25) is 0 Å². The van der Waals surface area contributed by atoms with Crippen LogP contribution < -0.4 is 10.1 Å². The van der Waals surface area contributed by atoms with Gasteiger partial charge >= 0.3 is 12.2 Å². The van der Waals surface area contributed by atoms with E-state index in [0.717, 1.165) is 36.8 Å². The Hall–Kier alpha value is -2.24. The van der Waals surface area contributed by atoms with Crippen molar-refractivity contribution in [2.24, 2.45) is 5.92 Å². The molecule has 0 bridgehead atoms. The largest absolute Gasteiger partial charge is 0.465 e. The second-order valence-electron chi connectivity index (χ2n) is 6.55. The lowest BCUT2D eigenvalue weighted by Gasteiger charge is -2.34. The van der Waals surface area contributed by atoms with E-state index in [0.29, 0.717) is 12.3 Å². The van der Waals surface area contributed by atoms with Crippen molar-refractivity contribution in [3.63, 3.8) is 0 Å². The predicted molar refractivity (Wildman–Crippen MR) is 91.5 cm³/mol. The van der Waals surface area contributed by atoms with Crippen LogP contribution in [0.25, 0.3) is 0 Å². The van der Waals surface area contributed by atoms with Crippen LogP contribution in [0.1, 0.15) is 36.8 Å². The lowest BCUT2D eigenvalue weighted by Crippen LogP contribution is -2.43. The summed E-state index contributed by atoms with van der Waals surface area (Å²) in [4.78, 5) is 24.7. The third kappa shape index (κ3) is 4.63. The van der Waals surface area contributed by atoms with Gasteiger partial charge in [0.2, 0.25) is 0 Å². The molecule has 6 heteroatoms. The van der Waals surface area contributed by atoms with E-state index >= 15 is 0 Å². The zero-order valence-electron chi connectivity index (χ0n) is 14.5. The molecule has 1 fully saturated rings. The molecule has 132 valence electrons. The summed E-state index contributed by atoms with van der Waals surface area (Å²) in [6, 6.07) is 5.74. The summed E-state index contributed by atoms with van der Waals surface area (Å²) in [5.74, 6) is 0.850. The van der Waals surface area contributed by atoms with E-state index in [2.05, 4.69) is 5.32 Å². The van der Waals surface area contributed by atoms with Crippen molar-refractivity contribution < 1.29 is 19.4 Å². The first kappa shape index (κ1) is 18.1. The van der Waals surface area contributed by atoms with E-state index in [4.69, 9.17) is 9.84 Å². The molecule has 24 heavy (non-hydrogen) atoms. The molecule has 2 rings (SSSR count). The second-order valence-corrected chi connectivity index (χ2v) is 6.55. The van der Waals surface area contributed by atoms with Gasteiger partial charge in [0.15, 0.2) is 0 Å². The molecule has 1 aromatic rings. The molecule has 0 radical (unpaired) electrons. The number of ether oxygens (including phenoxy) is 1. The van der Waals surface area contributed by atoms with E-state index in [1.807, 2.05) is 26.0 Å². The van der Waals surface area contributed by atoms with Crippen molar-refractivity contribution >= 4 is 12.2 Å². The third-order valence-corrected chi connectivity index (χ3v) is 4.88. The molecule has 2 unspecified atom stereocenters. The summed E-state index contributed by atoms with van der Waals surface area (Å²) in [5, 5.41) is 11.2. The number of amides is 2. The van der Waals surface area contributed by atoms with Crippen LogP contribution in [0.15, 0.2) is 18.2 Å². The molecule has 2 amide bonds. The quantitative estimate of drug-likeness (QED) is 0.882. The Bertz CT molecular complexity index is 603. The minimum Gasteiger partial charge on any atom is -0.465 e. The molecule has 0 spiro atoms. The number of hydrogen-bond donors (Lipinski definition) is 2. The molecule has 0 saturated heterocycles. The standard InChI is InChI=1S/C18H26N2O4/c1-12-6-4-9-16(13(12)2)24-18(23)20(3)15-8-5-7-14(10-15)11-19-17(21)22/h4,6,9,14-15,19H,5,7-8,10-11H2,1-3H3,(H,21,22). The summed E-state index contributed by atoms with van der Waals surface area (Å²) in [6.07, 6.45) is 2.31. The van der Waals surface area contributed by atoms with Crippen molar-refractivity contribution in [2.45, 2.75) is 45.6 Å². The highest BCUT2D eigenvalue weighted by Crippen LogP contribution is 2.28. The van der Waals surface area contributed by atoms with E-state index in [-0.39, 0.29) is 18.1 Å². The summed E-state index contributed by atoms with van der Waals surface area (Å²) >= 11 is 0. The van der Waals surface area contributed by atoms with Crippen LogP contribution in [0.5, 0.6) is 5.75 Å². The van der Waals surface area contributed by atoms with E-state index in [1.54, 1.807) is 18.0 Å². The molecule has 1 aliphatic carbocycles. The summed E-state index contributed by atoms with van der Waals surface area (Å²) < 4.78 is 5.55. The Morgan fingerprint density at radius 1 is 1.33 bits per heavy atom. The van der Waals surface area contributed by atoms with Crippen molar-refractivity contribution in [1.82, 2.24) is 10.2 Å². The molecule has 2 N–H and O–H groups in total. The number of rotatable bonds is 4. The number of carbonyl (C=O) groups excluding carboxylic acids is 1. The Kier molecular flexibility index (Phi) is 6.06. The molecular formula is C18H26N2O4. The van der Waals surface area contributed by atoms with Gasteiger partial charge in [-0.15, -0.1) is 0 Å². The number of aryl methyl sites for hydroxylation is 1. The molecule has 1 aromatic carbocycles. The maximum absolute atomic E-state index is 12.4. The fourth-order valence-electron chi connectivity index (χ4n) is 3.18. The summed E-state index contributed by atoms with van der Waals surface area (Å²) in [7, 11) is 1.76. The zero-order valence-corrected chi connectivity index (χ0v) is 14.5. The van der Waals surface area contributed by atoms with E-state index in [1.165, 1.54) is 0 Å². The van der Waals surface area contributed by atoms with Crippen molar-refractivity contribution in [3.8, 4) is 5.75 Å². The average Bonchev–Trinajstić information content (AvgIpc) is 2.56. The van der Waals surface area contributed by atoms with Gasteiger partial charge in [0.1, 0.15) is 5.75 Å². The topological polar surface area (TPSA) is 78.9 Å². The maximum atomic E-state index is 12.4. The summed E-state index contributed by atoms with van der Waals surface area (Å²) in [5.41, 5.74) is 2.05. The molecule has 0 heterocycles. The van der Waals surface area contributed by atoms with E-state index < -0.39 is 6.09 Å². The van der Waals surface area contributed by atoms with Gasteiger partial charge in [0.05, 0.1) is 0 Å². The number of hydrogen-bond acceptors (Lipinski definition) is 3. The van der Waals surface area contributed by atoms with Crippen LogP contribution in [0.4, 0.5) is 9.59 Å². The second kappa shape index (κ2) is 8.04. The fourth-order valence-corrected chi connectivity index (χ4v) is 3.18. The van der Waals surface area contributed by atoms with Crippen LogP contribution in [0.2, 0.25) is 0 Å². The van der Waals surface area contributed by atoms with Crippen LogP contribution in [0, 0.1) is 19.8 Å². The van der Waals surface area contributed by atoms with Gasteiger partial charge in [-0.05, 0) is 56.2 Å². The number of benzene rings is 1. The van der Waals surface area contributed by atoms with E-state index in [9.17, 15) is 9.59 Å². The first-order valence-electron chi connectivity index (χ1n) is 8.36. The number of carboxylic acid groups (broad SMARTS) is 1. The first-order valence-corrected chi connectivity index (χ1v) is 8.36. The minimum absolute atomic E-state index is 0.0805. The molecule has 0 aliphatic heterocycles. The highest BCUT2D eigenvalue weighted by molar-refractivity contribution is 5.71. The van der Waals surface area contributed by atoms with Gasteiger partial charge in [0.25, 0.3) is 0 Å². The van der Waals surface area contributed by atoms with Gasteiger partial charge in [-0.1, -0.05) is 18.6 Å². The summed E-state index contributed by atoms with van der Waals surface area (Å²) in [6.45, 7) is 4.36. The minimum atomic E-state index is -1.00. The fraction of sp³-hybridized carbons (Fsp3) is 0.556. The highest BCUT2D eigenvalue weighted by atomic mass is 16.6. The zero-order chi connectivity index (χ0) is 17.7. The van der Waals surface area contributed by atoms with Gasteiger partial charge < -0.3 is 20.1 Å². The Balaban J connectivity index is 1.94.